The predicted molar refractivity (Wildman–Crippen MR) is 130 cm³/mol. The summed E-state index contributed by atoms with van der Waals surface area (Å²) in [5, 5.41) is 0.198. The number of aromatic amines is 1. The van der Waals surface area contributed by atoms with Crippen LogP contribution >= 0.6 is 0 Å². The van der Waals surface area contributed by atoms with Gasteiger partial charge in [-0.3, -0.25) is 19.1 Å². The van der Waals surface area contributed by atoms with Gasteiger partial charge in [-0.2, -0.15) is 0 Å². The van der Waals surface area contributed by atoms with Gasteiger partial charge in [0.2, 0.25) is 0 Å². The van der Waals surface area contributed by atoms with Crippen LogP contribution in [0.1, 0.15) is 65.7 Å². The number of amides is 1. The van der Waals surface area contributed by atoms with Crippen LogP contribution in [0.3, 0.4) is 0 Å². The Morgan fingerprint density at radius 1 is 1.09 bits per heavy atom. The van der Waals surface area contributed by atoms with Gasteiger partial charge in [-0.05, 0) is 62.9 Å². The molecule has 1 N–H and O–H groups in total. The normalized spacial score (nSPS) is 16.7. The van der Waals surface area contributed by atoms with Crippen LogP contribution in [-0.2, 0) is 6.54 Å². The highest BCUT2D eigenvalue weighted by Gasteiger charge is 2.31. The minimum absolute atomic E-state index is 0.0380. The Morgan fingerprint density at radius 3 is 2.47 bits per heavy atom. The van der Waals surface area contributed by atoms with Crippen molar-refractivity contribution in [3.63, 3.8) is 0 Å². The van der Waals surface area contributed by atoms with Crippen LogP contribution in [0, 0.1) is 13.8 Å². The standard InChI is InChI=1S/C26H30N4O4/c1-4-30-23-22(24(31)28-26(30)33)20(14-21(27-23)17-6-7-17)25(32)29-11-9-18(10-12-29)34-19-8-5-15(2)16(3)13-19/h5,8,13-14,17-18H,4,6-7,9-12H2,1-3H3,(H,28,31,33). The predicted octanol–water partition coefficient (Wildman–Crippen LogP) is 3.28. The van der Waals surface area contributed by atoms with E-state index >= 15 is 0 Å². The maximum atomic E-state index is 13.6. The first-order valence-corrected chi connectivity index (χ1v) is 12.1. The summed E-state index contributed by atoms with van der Waals surface area (Å²) in [6.45, 7) is 7.42. The second-order valence-electron chi connectivity index (χ2n) is 9.43. The van der Waals surface area contributed by atoms with E-state index in [0.717, 1.165) is 24.3 Å². The molecule has 178 valence electrons. The quantitative estimate of drug-likeness (QED) is 0.628. The number of benzene rings is 1. The van der Waals surface area contributed by atoms with Crippen molar-refractivity contribution in [1.29, 1.82) is 0 Å². The molecule has 2 aromatic heterocycles. The molecule has 3 aromatic rings. The number of ether oxygens (including phenoxy) is 1. The van der Waals surface area contributed by atoms with Gasteiger partial charge in [0.1, 0.15) is 11.9 Å². The number of hydrogen-bond donors (Lipinski definition) is 1. The summed E-state index contributed by atoms with van der Waals surface area (Å²) in [6, 6.07) is 7.86. The molecule has 1 saturated heterocycles. The van der Waals surface area contributed by atoms with Crippen LogP contribution in [0.25, 0.3) is 11.0 Å². The molecular weight excluding hydrogens is 432 g/mol. The van der Waals surface area contributed by atoms with Crippen LogP contribution in [0.4, 0.5) is 0 Å². The molecule has 8 heteroatoms. The Labute approximate surface area is 197 Å². The number of rotatable bonds is 5. The summed E-state index contributed by atoms with van der Waals surface area (Å²) in [7, 11) is 0. The highest BCUT2D eigenvalue weighted by molar-refractivity contribution is 6.05. The zero-order valence-electron chi connectivity index (χ0n) is 19.9. The first-order valence-electron chi connectivity index (χ1n) is 12.1. The van der Waals surface area contributed by atoms with Crippen LogP contribution in [0.5, 0.6) is 5.75 Å². The van der Waals surface area contributed by atoms with Crippen LogP contribution in [-0.4, -0.2) is 44.5 Å². The van der Waals surface area contributed by atoms with Crippen LogP contribution in [0.2, 0.25) is 0 Å². The van der Waals surface area contributed by atoms with Crippen LogP contribution < -0.4 is 16.0 Å². The van der Waals surface area contributed by atoms with Crippen molar-refractivity contribution in [2.75, 3.05) is 13.1 Å². The SMILES string of the molecule is CCn1c(=O)[nH]c(=O)c2c(C(=O)N3CCC(Oc4ccc(C)c(C)c4)CC3)cc(C3CC3)nc21. The van der Waals surface area contributed by atoms with Gasteiger partial charge in [-0.15, -0.1) is 0 Å². The van der Waals surface area contributed by atoms with Crippen LogP contribution in [0.15, 0.2) is 33.9 Å². The monoisotopic (exact) mass is 462 g/mol. The fourth-order valence-corrected chi connectivity index (χ4v) is 4.67. The van der Waals surface area contributed by atoms with Crippen molar-refractivity contribution >= 4 is 16.9 Å². The fraction of sp³-hybridized carbons (Fsp3) is 0.462. The maximum Gasteiger partial charge on any atom is 0.329 e. The maximum absolute atomic E-state index is 13.6. The Bertz CT molecular complexity index is 1380. The first kappa shape index (κ1) is 22.4. The molecule has 0 bridgehead atoms. The van der Waals surface area contributed by atoms with E-state index in [1.165, 1.54) is 15.7 Å². The molecule has 1 saturated carbocycles. The van der Waals surface area contributed by atoms with Gasteiger partial charge >= 0.3 is 5.69 Å². The highest BCUT2D eigenvalue weighted by atomic mass is 16.5. The number of piperidine rings is 1. The van der Waals surface area contributed by atoms with E-state index in [9.17, 15) is 14.4 Å². The third-order valence-electron chi connectivity index (χ3n) is 7.02. The lowest BCUT2D eigenvalue weighted by Gasteiger charge is -2.32. The zero-order valence-corrected chi connectivity index (χ0v) is 19.9. The number of hydrogen-bond acceptors (Lipinski definition) is 5. The van der Waals surface area contributed by atoms with Crippen molar-refractivity contribution in [3.05, 3.63) is 67.5 Å². The molecular formula is C26H30N4O4. The number of fused-ring (bicyclic) bond motifs is 1. The molecule has 0 atom stereocenters. The Kier molecular flexibility index (Phi) is 5.75. The van der Waals surface area contributed by atoms with E-state index in [1.807, 2.05) is 13.0 Å². The average Bonchev–Trinajstić information content (AvgIpc) is 3.67. The number of likely N-dealkylation sites (tertiary alicyclic amines) is 1. The number of nitrogens with one attached hydrogen (secondary N) is 1. The van der Waals surface area contributed by atoms with Gasteiger partial charge in [0, 0.05) is 44.1 Å². The molecule has 2 aliphatic rings. The third kappa shape index (κ3) is 4.13. The second-order valence-corrected chi connectivity index (χ2v) is 9.43. The number of pyridine rings is 1. The largest absolute Gasteiger partial charge is 0.490 e. The molecule has 1 aromatic carbocycles. The van der Waals surface area contributed by atoms with E-state index in [1.54, 1.807) is 11.0 Å². The molecule has 2 fully saturated rings. The minimum Gasteiger partial charge on any atom is -0.490 e. The highest BCUT2D eigenvalue weighted by Crippen LogP contribution is 2.40. The lowest BCUT2D eigenvalue weighted by atomic mass is 10.0. The van der Waals surface area contributed by atoms with E-state index in [-0.39, 0.29) is 23.3 Å². The topological polar surface area (TPSA) is 97.3 Å². The van der Waals surface area contributed by atoms with Gasteiger partial charge in [0.05, 0.1) is 10.9 Å². The van der Waals surface area contributed by atoms with Crippen molar-refractivity contribution in [2.45, 2.75) is 65.0 Å². The van der Waals surface area contributed by atoms with Gasteiger partial charge in [0.15, 0.2) is 5.65 Å². The molecule has 8 nitrogen and oxygen atoms in total. The van der Waals surface area contributed by atoms with E-state index in [0.29, 0.717) is 43.7 Å². The Balaban J connectivity index is 1.41. The van der Waals surface area contributed by atoms with Gasteiger partial charge < -0.3 is 9.64 Å². The van der Waals surface area contributed by atoms with Gasteiger partial charge in [-0.25, -0.2) is 9.78 Å². The Hall–Kier alpha value is -3.42. The van der Waals surface area contributed by atoms with E-state index in [4.69, 9.17) is 4.74 Å². The average molecular weight is 463 g/mol. The molecule has 1 aliphatic carbocycles. The first-order chi connectivity index (χ1) is 16.4. The van der Waals surface area contributed by atoms with E-state index in [2.05, 4.69) is 35.9 Å². The minimum atomic E-state index is -0.559. The smallest absolute Gasteiger partial charge is 0.329 e. The number of aromatic nitrogens is 3. The molecule has 3 heterocycles. The van der Waals surface area contributed by atoms with Gasteiger partial charge in [-0.1, -0.05) is 6.07 Å². The molecule has 34 heavy (non-hydrogen) atoms. The van der Waals surface area contributed by atoms with Crippen molar-refractivity contribution in [1.82, 2.24) is 19.4 Å². The molecule has 5 rings (SSSR count). The molecule has 0 spiro atoms. The fourth-order valence-electron chi connectivity index (χ4n) is 4.67. The summed E-state index contributed by atoms with van der Waals surface area (Å²) in [5.41, 5.74) is 2.79. The third-order valence-corrected chi connectivity index (χ3v) is 7.02. The number of aryl methyl sites for hydroxylation is 3. The summed E-state index contributed by atoms with van der Waals surface area (Å²) in [5.74, 6) is 0.949. The summed E-state index contributed by atoms with van der Waals surface area (Å²) < 4.78 is 7.61. The van der Waals surface area contributed by atoms with E-state index < -0.39 is 11.2 Å². The number of carbonyl (C=O) groups excluding carboxylic acids is 1. The summed E-state index contributed by atoms with van der Waals surface area (Å²) in [4.78, 5) is 47.5. The zero-order chi connectivity index (χ0) is 24.0. The summed E-state index contributed by atoms with van der Waals surface area (Å²) in [6.07, 6.45) is 3.48. The Morgan fingerprint density at radius 2 is 1.82 bits per heavy atom. The lowest BCUT2D eigenvalue weighted by Crippen LogP contribution is -2.42. The molecule has 0 unspecified atom stereocenters. The second kappa shape index (κ2) is 8.74. The lowest BCUT2D eigenvalue weighted by molar-refractivity contribution is 0.0597. The van der Waals surface area contributed by atoms with Crippen molar-refractivity contribution in [3.8, 4) is 5.75 Å². The van der Waals surface area contributed by atoms with Gasteiger partial charge in [0.25, 0.3) is 11.5 Å². The molecule has 1 aliphatic heterocycles. The number of carbonyl (C=O) groups is 1. The number of H-pyrrole nitrogens is 1. The van der Waals surface area contributed by atoms with Crippen molar-refractivity contribution in [2.24, 2.45) is 0 Å². The summed E-state index contributed by atoms with van der Waals surface area (Å²) >= 11 is 0. The number of nitrogens with zero attached hydrogens (tertiary/aromatic N) is 3. The van der Waals surface area contributed by atoms with Crippen molar-refractivity contribution < 1.29 is 9.53 Å². The molecule has 0 radical (unpaired) electrons. The molecule has 1 amide bonds.